The van der Waals surface area contributed by atoms with Crippen molar-refractivity contribution < 1.29 is 14.0 Å². The second kappa shape index (κ2) is 8.07. The Morgan fingerprint density at radius 1 is 1.14 bits per heavy atom. The van der Waals surface area contributed by atoms with Crippen molar-refractivity contribution in [3.8, 4) is 0 Å². The molecule has 4 rings (SSSR count). The molecule has 3 saturated heterocycles. The van der Waals surface area contributed by atoms with Crippen LogP contribution < -0.4 is 5.32 Å². The molecule has 6 nitrogen and oxygen atoms in total. The number of halogens is 1. The fraction of sp³-hybridized carbons (Fsp3) is 0.619. The lowest BCUT2D eigenvalue weighted by Crippen LogP contribution is -2.55. The van der Waals surface area contributed by atoms with E-state index in [1.54, 1.807) is 4.90 Å². The molecule has 2 atom stereocenters. The van der Waals surface area contributed by atoms with E-state index in [4.69, 9.17) is 0 Å². The van der Waals surface area contributed by atoms with Gasteiger partial charge in [-0.3, -0.25) is 9.69 Å². The number of likely N-dealkylation sites (N-methyl/N-ethyl adjacent to an activating group) is 1. The van der Waals surface area contributed by atoms with Gasteiger partial charge in [0.1, 0.15) is 5.82 Å². The van der Waals surface area contributed by atoms with Gasteiger partial charge >= 0.3 is 6.03 Å². The van der Waals surface area contributed by atoms with Gasteiger partial charge in [-0.2, -0.15) is 0 Å². The van der Waals surface area contributed by atoms with E-state index in [2.05, 4.69) is 10.2 Å². The summed E-state index contributed by atoms with van der Waals surface area (Å²) in [5.41, 5.74) is 1.11. The Labute approximate surface area is 165 Å². The second-order valence-corrected chi connectivity index (χ2v) is 8.35. The third kappa shape index (κ3) is 3.99. The first-order valence-corrected chi connectivity index (χ1v) is 10.3. The number of carbonyl (C=O) groups is 2. The Hall–Kier alpha value is -2.15. The van der Waals surface area contributed by atoms with Gasteiger partial charge in [0, 0.05) is 45.8 Å². The van der Waals surface area contributed by atoms with Gasteiger partial charge in [0.25, 0.3) is 0 Å². The average Bonchev–Trinajstić information content (AvgIpc) is 2.99. The minimum atomic E-state index is -0.208. The van der Waals surface area contributed by atoms with Crippen LogP contribution in [0.3, 0.4) is 0 Å². The summed E-state index contributed by atoms with van der Waals surface area (Å²) >= 11 is 0. The number of carbonyl (C=O) groups excluding carboxylic acids is 2. The van der Waals surface area contributed by atoms with E-state index in [1.807, 2.05) is 24.1 Å². The van der Waals surface area contributed by atoms with Gasteiger partial charge in [-0.25, -0.2) is 9.18 Å². The van der Waals surface area contributed by atoms with Crippen LogP contribution in [0.15, 0.2) is 24.3 Å². The van der Waals surface area contributed by atoms with Crippen molar-refractivity contribution in [1.29, 1.82) is 0 Å². The lowest BCUT2D eigenvalue weighted by molar-refractivity contribution is -0.130. The molecule has 0 bridgehead atoms. The molecule has 3 heterocycles. The maximum absolute atomic E-state index is 13.0. The third-order valence-electron chi connectivity index (χ3n) is 6.43. The summed E-state index contributed by atoms with van der Waals surface area (Å²) in [6.45, 7) is 4.01. The molecule has 3 aliphatic rings. The number of hydrogen-bond donors (Lipinski definition) is 1. The van der Waals surface area contributed by atoms with E-state index >= 15 is 0 Å². The summed E-state index contributed by atoms with van der Waals surface area (Å²) in [6, 6.07) is 6.83. The van der Waals surface area contributed by atoms with E-state index in [0.29, 0.717) is 6.54 Å². The predicted octanol–water partition coefficient (Wildman–Crippen LogP) is 2.05. The average molecular weight is 388 g/mol. The van der Waals surface area contributed by atoms with Crippen molar-refractivity contribution in [2.75, 3.05) is 33.2 Å². The Kier molecular flexibility index (Phi) is 5.53. The predicted molar refractivity (Wildman–Crippen MR) is 104 cm³/mol. The number of nitrogens with zero attached hydrogens (tertiary/aromatic N) is 3. The monoisotopic (exact) mass is 388 g/mol. The summed E-state index contributed by atoms with van der Waals surface area (Å²) in [6.07, 6.45) is 3.60. The van der Waals surface area contributed by atoms with Crippen LogP contribution in [0.25, 0.3) is 0 Å². The molecule has 0 saturated carbocycles. The zero-order valence-corrected chi connectivity index (χ0v) is 16.4. The molecule has 1 aromatic carbocycles. The molecule has 28 heavy (non-hydrogen) atoms. The number of nitrogens with one attached hydrogen (secondary N) is 1. The number of likely N-dealkylation sites (tertiary alicyclic amines) is 3. The van der Waals surface area contributed by atoms with Crippen LogP contribution >= 0.6 is 0 Å². The number of hydrogen-bond acceptors (Lipinski definition) is 3. The molecule has 3 amide bonds. The number of amides is 3. The normalized spacial score (nSPS) is 26.4. The van der Waals surface area contributed by atoms with E-state index in [1.165, 1.54) is 12.1 Å². The zero-order chi connectivity index (χ0) is 19.7. The standard InChI is InChI=1S/C21H29FN4O2/c1-24-14-19-18(20(24)27)3-2-10-26(19)21(28)23-17-8-11-25(12-9-17)13-15-4-6-16(22)7-5-15/h4-7,17-19H,2-3,8-14H2,1H3,(H,23,28)/t18-,19-/m1/s1. The lowest BCUT2D eigenvalue weighted by Gasteiger charge is -2.38. The maximum Gasteiger partial charge on any atom is 0.317 e. The van der Waals surface area contributed by atoms with Crippen molar-refractivity contribution in [3.63, 3.8) is 0 Å². The molecule has 0 radical (unpaired) electrons. The van der Waals surface area contributed by atoms with Gasteiger partial charge in [-0.05, 0) is 43.4 Å². The molecule has 152 valence electrons. The largest absolute Gasteiger partial charge is 0.343 e. The molecule has 0 aromatic heterocycles. The Balaban J connectivity index is 1.27. The van der Waals surface area contributed by atoms with E-state index in [9.17, 15) is 14.0 Å². The Morgan fingerprint density at radius 2 is 1.86 bits per heavy atom. The van der Waals surface area contributed by atoms with Crippen LogP contribution in [0.2, 0.25) is 0 Å². The highest BCUT2D eigenvalue weighted by Crippen LogP contribution is 2.31. The molecule has 0 aliphatic carbocycles. The fourth-order valence-electron chi connectivity index (χ4n) is 4.82. The number of benzene rings is 1. The van der Waals surface area contributed by atoms with Gasteiger partial charge in [0.2, 0.25) is 5.91 Å². The molecule has 1 N–H and O–H groups in total. The minimum absolute atomic E-state index is 0.0183. The molecule has 0 spiro atoms. The van der Waals surface area contributed by atoms with E-state index in [-0.39, 0.29) is 35.8 Å². The van der Waals surface area contributed by atoms with Crippen LogP contribution in [-0.2, 0) is 11.3 Å². The minimum Gasteiger partial charge on any atom is -0.343 e. The number of fused-ring (bicyclic) bond motifs is 1. The van der Waals surface area contributed by atoms with Gasteiger partial charge in [-0.15, -0.1) is 0 Å². The molecule has 7 heteroatoms. The molecular weight excluding hydrogens is 359 g/mol. The highest BCUT2D eigenvalue weighted by atomic mass is 19.1. The molecule has 0 unspecified atom stereocenters. The van der Waals surface area contributed by atoms with Gasteiger partial charge in [0.05, 0.1) is 12.0 Å². The smallest absolute Gasteiger partial charge is 0.317 e. The van der Waals surface area contributed by atoms with Gasteiger partial charge in [0.15, 0.2) is 0 Å². The first-order chi connectivity index (χ1) is 13.5. The fourth-order valence-corrected chi connectivity index (χ4v) is 4.82. The maximum atomic E-state index is 13.0. The first kappa shape index (κ1) is 19.2. The third-order valence-corrected chi connectivity index (χ3v) is 6.43. The highest BCUT2D eigenvalue weighted by Gasteiger charge is 2.45. The SMILES string of the molecule is CN1C[C@@H]2[C@@H](CCCN2C(=O)NC2CCN(Cc3ccc(F)cc3)CC2)C1=O. The molecule has 3 fully saturated rings. The van der Waals surface area contributed by atoms with Crippen molar-refractivity contribution in [1.82, 2.24) is 20.0 Å². The van der Waals surface area contributed by atoms with Gasteiger partial charge < -0.3 is 15.1 Å². The Morgan fingerprint density at radius 3 is 2.57 bits per heavy atom. The van der Waals surface area contributed by atoms with Crippen molar-refractivity contribution in [2.24, 2.45) is 5.92 Å². The van der Waals surface area contributed by atoms with Crippen LogP contribution in [0.5, 0.6) is 0 Å². The lowest BCUT2D eigenvalue weighted by atomic mass is 9.92. The summed E-state index contributed by atoms with van der Waals surface area (Å²) in [7, 11) is 1.83. The highest BCUT2D eigenvalue weighted by molar-refractivity contribution is 5.84. The van der Waals surface area contributed by atoms with Crippen LogP contribution in [-0.4, -0.2) is 71.9 Å². The zero-order valence-electron chi connectivity index (χ0n) is 16.4. The molecular formula is C21H29FN4O2. The quantitative estimate of drug-likeness (QED) is 0.862. The number of rotatable bonds is 3. The van der Waals surface area contributed by atoms with Gasteiger partial charge in [-0.1, -0.05) is 12.1 Å². The van der Waals surface area contributed by atoms with Crippen LogP contribution in [0.4, 0.5) is 9.18 Å². The number of urea groups is 1. The van der Waals surface area contributed by atoms with Crippen molar-refractivity contribution >= 4 is 11.9 Å². The second-order valence-electron chi connectivity index (χ2n) is 8.35. The summed E-state index contributed by atoms with van der Waals surface area (Å²) in [4.78, 5) is 31.1. The molecule has 3 aliphatic heterocycles. The summed E-state index contributed by atoms with van der Waals surface area (Å²) in [5.74, 6) is -0.0565. The van der Waals surface area contributed by atoms with Crippen molar-refractivity contribution in [3.05, 3.63) is 35.6 Å². The molecule has 1 aromatic rings. The van der Waals surface area contributed by atoms with Crippen LogP contribution in [0.1, 0.15) is 31.2 Å². The van der Waals surface area contributed by atoms with E-state index in [0.717, 1.165) is 57.4 Å². The van der Waals surface area contributed by atoms with E-state index < -0.39 is 0 Å². The number of piperidine rings is 2. The topological polar surface area (TPSA) is 55.9 Å². The van der Waals surface area contributed by atoms with Crippen molar-refractivity contribution in [2.45, 2.75) is 44.3 Å². The summed E-state index contributed by atoms with van der Waals surface area (Å²) < 4.78 is 13.0. The summed E-state index contributed by atoms with van der Waals surface area (Å²) in [5, 5.41) is 3.20. The Bertz CT molecular complexity index is 718. The van der Waals surface area contributed by atoms with Crippen LogP contribution in [0, 0.1) is 11.7 Å². The first-order valence-electron chi connectivity index (χ1n) is 10.3.